The van der Waals surface area contributed by atoms with Crippen LogP contribution < -0.4 is 0 Å². The molecule has 0 N–H and O–H groups in total. The molecule has 2 heteroatoms. The van der Waals surface area contributed by atoms with Crippen molar-refractivity contribution in [1.29, 1.82) is 0 Å². The van der Waals surface area contributed by atoms with Crippen LogP contribution >= 0.6 is 0 Å². The molecular weight excluding hydrogens is 224 g/mol. The van der Waals surface area contributed by atoms with Crippen molar-refractivity contribution in [3.05, 3.63) is 35.5 Å². The predicted octanol–water partition coefficient (Wildman–Crippen LogP) is 2.86. The Labute approximate surface area is 107 Å². The van der Waals surface area contributed by atoms with E-state index in [-0.39, 0.29) is 35.2 Å². The van der Waals surface area contributed by atoms with Crippen LogP contribution in [0.4, 0.5) is 0 Å². The standard InChI is InChI=1S/C16H18O2/c1-9-6-11-8-10(2)12-4-3-5-13(17)16(12)15(11)14(18)7-9/h3,5,7-8,11-12,15-16H,4,6H2,1-2H3/t11-,12-,15-,16-/m1/s1. The van der Waals surface area contributed by atoms with Crippen LogP contribution in [0.1, 0.15) is 26.7 Å². The van der Waals surface area contributed by atoms with Gasteiger partial charge in [0.05, 0.1) is 0 Å². The molecule has 2 nitrogen and oxygen atoms in total. The van der Waals surface area contributed by atoms with Gasteiger partial charge < -0.3 is 0 Å². The van der Waals surface area contributed by atoms with Gasteiger partial charge in [-0.3, -0.25) is 9.59 Å². The lowest BCUT2D eigenvalue weighted by Gasteiger charge is -2.42. The van der Waals surface area contributed by atoms with Gasteiger partial charge in [0, 0.05) is 11.8 Å². The Bertz CT molecular complexity index is 507. The minimum absolute atomic E-state index is 0.109. The molecule has 18 heavy (non-hydrogen) atoms. The van der Waals surface area contributed by atoms with Gasteiger partial charge in [0.1, 0.15) is 0 Å². The van der Waals surface area contributed by atoms with Gasteiger partial charge in [-0.25, -0.2) is 0 Å². The van der Waals surface area contributed by atoms with E-state index < -0.39 is 0 Å². The van der Waals surface area contributed by atoms with Crippen LogP contribution in [0.5, 0.6) is 0 Å². The van der Waals surface area contributed by atoms with E-state index in [1.54, 1.807) is 12.2 Å². The molecule has 0 aliphatic heterocycles. The predicted molar refractivity (Wildman–Crippen MR) is 69.9 cm³/mol. The van der Waals surface area contributed by atoms with Crippen molar-refractivity contribution < 1.29 is 9.59 Å². The van der Waals surface area contributed by atoms with E-state index in [1.165, 1.54) is 5.57 Å². The molecule has 0 heterocycles. The van der Waals surface area contributed by atoms with Crippen molar-refractivity contribution in [2.24, 2.45) is 23.7 Å². The lowest BCUT2D eigenvalue weighted by atomic mass is 9.59. The summed E-state index contributed by atoms with van der Waals surface area (Å²) in [7, 11) is 0. The third kappa shape index (κ3) is 1.63. The van der Waals surface area contributed by atoms with Gasteiger partial charge in [-0.05, 0) is 50.7 Å². The fourth-order valence-corrected chi connectivity index (χ4v) is 3.86. The van der Waals surface area contributed by atoms with E-state index >= 15 is 0 Å². The Balaban J connectivity index is 2.07. The molecular formula is C16H18O2. The van der Waals surface area contributed by atoms with Crippen molar-refractivity contribution in [1.82, 2.24) is 0 Å². The minimum Gasteiger partial charge on any atom is -0.295 e. The zero-order valence-electron chi connectivity index (χ0n) is 10.8. The fraction of sp³-hybridized carbons (Fsp3) is 0.500. The number of rotatable bonds is 0. The summed E-state index contributed by atoms with van der Waals surface area (Å²) >= 11 is 0. The highest BCUT2D eigenvalue weighted by Gasteiger charge is 2.46. The molecule has 0 aromatic rings. The number of hydrogen-bond donors (Lipinski definition) is 0. The summed E-state index contributed by atoms with van der Waals surface area (Å²) in [5.74, 6) is 0.571. The largest absolute Gasteiger partial charge is 0.295 e. The highest BCUT2D eigenvalue weighted by atomic mass is 16.1. The molecule has 0 saturated carbocycles. The van der Waals surface area contributed by atoms with E-state index in [9.17, 15) is 9.59 Å². The minimum atomic E-state index is -0.111. The maximum atomic E-state index is 12.3. The highest BCUT2D eigenvalue weighted by Crippen LogP contribution is 2.46. The second kappa shape index (κ2) is 4.04. The topological polar surface area (TPSA) is 34.1 Å². The van der Waals surface area contributed by atoms with Gasteiger partial charge in [-0.2, -0.15) is 0 Å². The second-order valence-electron chi connectivity index (χ2n) is 5.87. The first-order chi connectivity index (χ1) is 8.58. The van der Waals surface area contributed by atoms with Crippen LogP contribution in [-0.2, 0) is 9.59 Å². The lowest BCUT2D eigenvalue weighted by molar-refractivity contribution is -0.131. The number of allylic oxidation sites excluding steroid dienone is 6. The average Bonchev–Trinajstić information content (AvgIpc) is 2.29. The molecule has 4 atom stereocenters. The van der Waals surface area contributed by atoms with Crippen molar-refractivity contribution in [2.75, 3.05) is 0 Å². The molecule has 3 aliphatic rings. The van der Waals surface area contributed by atoms with Gasteiger partial charge in [-0.1, -0.05) is 23.3 Å². The summed E-state index contributed by atoms with van der Waals surface area (Å²) in [4.78, 5) is 24.4. The lowest BCUT2D eigenvalue weighted by Crippen LogP contribution is -2.44. The SMILES string of the molecule is CC1=CC(=O)[C@@H]2[C@H]3C(=O)C=CC[C@@H]3C(C)=C[C@H]2C1. The Morgan fingerprint density at radius 3 is 2.67 bits per heavy atom. The molecule has 0 aromatic carbocycles. The number of fused-ring (bicyclic) bond motifs is 3. The molecule has 0 bridgehead atoms. The summed E-state index contributed by atoms with van der Waals surface area (Å²) in [6.45, 7) is 4.12. The third-order valence-electron chi connectivity index (χ3n) is 4.62. The first kappa shape index (κ1) is 11.6. The van der Waals surface area contributed by atoms with Crippen molar-refractivity contribution in [3.8, 4) is 0 Å². The smallest absolute Gasteiger partial charge is 0.160 e. The van der Waals surface area contributed by atoms with E-state index in [0.29, 0.717) is 0 Å². The molecule has 0 spiro atoms. The normalized spacial score (nSPS) is 38.8. The molecule has 0 saturated heterocycles. The van der Waals surface area contributed by atoms with Gasteiger partial charge in [-0.15, -0.1) is 0 Å². The maximum absolute atomic E-state index is 12.3. The van der Waals surface area contributed by atoms with Crippen LogP contribution in [0.25, 0.3) is 0 Å². The van der Waals surface area contributed by atoms with Gasteiger partial charge >= 0.3 is 0 Å². The summed E-state index contributed by atoms with van der Waals surface area (Å²) < 4.78 is 0. The number of hydrogen-bond acceptors (Lipinski definition) is 2. The monoisotopic (exact) mass is 242 g/mol. The van der Waals surface area contributed by atoms with Crippen LogP contribution in [0.15, 0.2) is 35.5 Å². The van der Waals surface area contributed by atoms with E-state index in [4.69, 9.17) is 0 Å². The molecule has 94 valence electrons. The molecule has 0 radical (unpaired) electrons. The Morgan fingerprint density at radius 2 is 1.89 bits per heavy atom. The van der Waals surface area contributed by atoms with E-state index in [1.807, 2.05) is 13.0 Å². The first-order valence-corrected chi connectivity index (χ1v) is 6.67. The van der Waals surface area contributed by atoms with Crippen LogP contribution in [0, 0.1) is 23.7 Å². The Kier molecular flexibility index (Phi) is 2.61. The molecule has 3 rings (SSSR count). The molecule has 0 fully saturated rings. The van der Waals surface area contributed by atoms with Crippen LogP contribution in [-0.4, -0.2) is 11.6 Å². The summed E-state index contributed by atoms with van der Waals surface area (Å²) in [6, 6.07) is 0. The van der Waals surface area contributed by atoms with E-state index in [0.717, 1.165) is 18.4 Å². The Hall–Kier alpha value is -1.44. The van der Waals surface area contributed by atoms with E-state index in [2.05, 4.69) is 13.0 Å². The summed E-state index contributed by atoms with van der Waals surface area (Å²) in [5, 5.41) is 0. The quantitative estimate of drug-likeness (QED) is 0.612. The highest BCUT2D eigenvalue weighted by molar-refractivity contribution is 6.01. The molecule has 0 unspecified atom stereocenters. The van der Waals surface area contributed by atoms with Gasteiger partial charge in [0.2, 0.25) is 0 Å². The van der Waals surface area contributed by atoms with Gasteiger partial charge in [0.15, 0.2) is 11.6 Å². The third-order valence-corrected chi connectivity index (χ3v) is 4.62. The fourth-order valence-electron chi connectivity index (χ4n) is 3.86. The van der Waals surface area contributed by atoms with Gasteiger partial charge in [0.25, 0.3) is 0 Å². The number of carbonyl (C=O) groups is 2. The molecule has 0 aromatic heterocycles. The summed E-state index contributed by atoms with van der Waals surface area (Å²) in [6.07, 6.45) is 9.45. The zero-order chi connectivity index (χ0) is 12.9. The second-order valence-corrected chi connectivity index (χ2v) is 5.87. The number of ketones is 2. The number of carbonyl (C=O) groups excluding carboxylic acids is 2. The summed E-state index contributed by atoms with van der Waals surface area (Å²) in [5.41, 5.74) is 2.43. The Morgan fingerprint density at radius 1 is 1.11 bits per heavy atom. The zero-order valence-corrected chi connectivity index (χ0v) is 10.8. The first-order valence-electron chi connectivity index (χ1n) is 6.67. The van der Waals surface area contributed by atoms with Crippen molar-refractivity contribution >= 4 is 11.6 Å². The maximum Gasteiger partial charge on any atom is 0.160 e. The van der Waals surface area contributed by atoms with Crippen molar-refractivity contribution in [2.45, 2.75) is 26.7 Å². The average molecular weight is 242 g/mol. The van der Waals surface area contributed by atoms with Crippen LogP contribution in [0.2, 0.25) is 0 Å². The van der Waals surface area contributed by atoms with Crippen LogP contribution in [0.3, 0.4) is 0 Å². The molecule has 0 amide bonds. The molecule has 3 aliphatic carbocycles. The van der Waals surface area contributed by atoms with Crippen molar-refractivity contribution in [3.63, 3.8) is 0 Å².